The second-order valence-corrected chi connectivity index (χ2v) is 7.84. The van der Waals surface area contributed by atoms with E-state index in [0.717, 1.165) is 22.9 Å². The molecule has 0 radical (unpaired) electrons. The van der Waals surface area contributed by atoms with E-state index in [0.29, 0.717) is 30.3 Å². The standard InChI is InChI=1S/C20H19N5O5S/c26-17(21-9-8-13-4-2-1-3-5-13)10-24-19(14-11-31-12-15(14)23-24)22-20(27)16-6-7-18(30-16)25(28)29/h1-7H,8-12H2,(H,21,26)(H,22,27). The lowest BCUT2D eigenvalue weighted by molar-refractivity contribution is -0.402. The summed E-state index contributed by atoms with van der Waals surface area (Å²) in [5.74, 6) is 0.171. The van der Waals surface area contributed by atoms with Gasteiger partial charge in [-0.2, -0.15) is 16.9 Å². The maximum atomic E-state index is 12.5. The average Bonchev–Trinajstić information content (AvgIpc) is 3.47. The SMILES string of the molecule is O=C(Cn1nc2c(c1NC(=O)c1ccc([N+](=O)[O-])o1)CSC2)NCCc1ccccc1. The number of anilines is 1. The number of nitro groups is 1. The molecule has 2 aromatic heterocycles. The van der Waals surface area contributed by atoms with E-state index in [4.69, 9.17) is 4.42 Å². The molecule has 2 amide bonds. The van der Waals surface area contributed by atoms with E-state index < -0.39 is 16.7 Å². The lowest BCUT2D eigenvalue weighted by Gasteiger charge is -2.11. The molecular weight excluding hydrogens is 422 g/mol. The molecule has 1 aromatic carbocycles. The highest BCUT2D eigenvalue weighted by Gasteiger charge is 2.26. The smallest absolute Gasteiger partial charge is 0.395 e. The summed E-state index contributed by atoms with van der Waals surface area (Å²) >= 11 is 1.65. The van der Waals surface area contributed by atoms with Crippen molar-refractivity contribution in [1.29, 1.82) is 0 Å². The van der Waals surface area contributed by atoms with Crippen LogP contribution in [-0.4, -0.2) is 33.1 Å². The molecule has 0 saturated heterocycles. The first-order valence-corrected chi connectivity index (χ1v) is 10.7. The Labute approximate surface area is 181 Å². The third-order valence-corrected chi connectivity index (χ3v) is 5.69. The van der Waals surface area contributed by atoms with Crippen molar-refractivity contribution in [3.05, 3.63) is 75.2 Å². The fourth-order valence-electron chi connectivity index (χ4n) is 3.22. The van der Waals surface area contributed by atoms with E-state index in [2.05, 4.69) is 15.7 Å². The van der Waals surface area contributed by atoms with Crippen molar-refractivity contribution in [2.45, 2.75) is 24.5 Å². The quantitative estimate of drug-likeness (QED) is 0.406. The molecule has 0 saturated carbocycles. The van der Waals surface area contributed by atoms with E-state index in [1.165, 1.54) is 10.7 Å². The number of furan rings is 1. The Morgan fingerprint density at radius 2 is 2.00 bits per heavy atom. The van der Waals surface area contributed by atoms with Crippen molar-refractivity contribution in [3.63, 3.8) is 0 Å². The molecule has 0 atom stereocenters. The number of thioether (sulfide) groups is 1. The molecule has 1 aliphatic rings. The minimum atomic E-state index is -0.713. The summed E-state index contributed by atoms with van der Waals surface area (Å²) in [5, 5.41) is 20.8. The normalized spacial score (nSPS) is 12.4. The Hall–Kier alpha value is -3.60. The van der Waals surface area contributed by atoms with Crippen LogP contribution in [-0.2, 0) is 29.3 Å². The molecular formula is C20H19N5O5S. The molecule has 3 aromatic rings. The van der Waals surface area contributed by atoms with Gasteiger partial charge in [-0.25, -0.2) is 4.68 Å². The average molecular weight is 441 g/mol. The van der Waals surface area contributed by atoms with E-state index in [1.807, 2.05) is 30.3 Å². The number of hydrogen-bond acceptors (Lipinski definition) is 7. The first-order valence-electron chi connectivity index (χ1n) is 9.54. The van der Waals surface area contributed by atoms with Gasteiger partial charge in [0.2, 0.25) is 5.91 Å². The zero-order valence-electron chi connectivity index (χ0n) is 16.4. The molecule has 31 heavy (non-hydrogen) atoms. The molecule has 2 N–H and O–H groups in total. The van der Waals surface area contributed by atoms with Gasteiger partial charge in [-0.1, -0.05) is 30.3 Å². The highest BCUT2D eigenvalue weighted by molar-refractivity contribution is 7.98. The summed E-state index contributed by atoms with van der Waals surface area (Å²) in [4.78, 5) is 35.0. The molecule has 11 heteroatoms. The van der Waals surface area contributed by atoms with Crippen LogP contribution in [0.3, 0.4) is 0 Å². The highest BCUT2D eigenvalue weighted by Crippen LogP contribution is 2.35. The molecule has 4 rings (SSSR count). The summed E-state index contributed by atoms with van der Waals surface area (Å²) in [6.07, 6.45) is 0.708. The molecule has 0 bridgehead atoms. The topological polar surface area (TPSA) is 132 Å². The number of amides is 2. The number of carbonyl (C=O) groups is 2. The zero-order valence-corrected chi connectivity index (χ0v) is 17.2. The van der Waals surface area contributed by atoms with Gasteiger partial charge in [0.1, 0.15) is 17.3 Å². The fourth-order valence-corrected chi connectivity index (χ4v) is 4.25. The predicted octanol–water partition coefficient (Wildman–Crippen LogP) is 2.74. The molecule has 0 spiro atoms. The van der Waals surface area contributed by atoms with Crippen LogP contribution in [0.15, 0.2) is 46.9 Å². The van der Waals surface area contributed by atoms with Gasteiger partial charge in [0.15, 0.2) is 5.76 Å². The Morgan fingerprint density at radius 3 is 2.74 bits per heavy atom. The summed E-state index contributed by atoms with van der Waals surface area (Å²) in [6.45, 7) is 0.428. The van der Waals surface area contributed by atoms with Gasteiger partial charge >= 0.3 is 5.88 Å². The molecule has 0 unspecified atom stereocenters. The number of hydrogen-bond donors (Lipinski definition) is 2. The number of nitrogens with one attached hydrogen (secondary N) is 2. The van der Waals surface area contributed by atoms with Crippen molar-refractivity contribution in [1.82, 2.24) is 15.1 Å². The van der Waals surface area contributed by atoms with Crippen LogP contribution < -0.4 is 10.6 Å². The third-order valence-electron chi connectivity index (χ3n) is 4.72. The van der Waals surface area contributed by atoms with Crippen molar-refractivity contribution in [2.24, 2.45) is 0 Å². The maximum Gasteiger partial charge on any atom is 0.433 e. The Morgan fingerprint density at radius 1 is 1.19 bits per heavy atom. The maximum absolute atomic E-state index is 12.5. The fraction of sp³-hybridized carbons (Fsp3) is 0.250. The Kier molecular flexibility index (Phi) is 6.03. The van der Waals surface area contributed by atoms with Gasteiger partial charge in [-0.15, -0.1) is 0 Å². The molecule has 0 fully saturated rings. The molecule has 1 aliphatic heterocycles. The van der Waals surface area contributed by atoms with Gasteiger partial charge in [0.05, 0.1) is 11.8 Å². The zero-order chi connectivity index (χ0) is 21.8. The number of carbonyl (C=O) groups excluding carboxylic acids is 2. The predicted molar refractivity (Wildman–Crippen MR) is 114 cm³/mol. The Bertz CT molecular complexity index is 1120. The second-order valence-electron chi connectivity index (χ2n) is 6.86. The van der Waals surface area contributed by atoms with Crippen LogP contribution in [0.4, 0.5) is 11.7 Å². The highest BCUT2D eigenvalue weighted by atomic mass is 32.2. The van der Waals surface area contributed by atoms with E-state index in [9.17, 15) is 19.7 Å². The van der Waals surface area contributed by atoms with Crippen LogP contribution in [0.1, 0.15) is 27.4 Å². The van der Waals surface area contributed by atoms with Crippen LogP contribution in [0, 0.1) is 10.1 Å². The van der Waals surface area contributed by atoms with E-state index in [-0.39, 0.29) is 18.2 Å². The summed E-state index contributed by atoms with van der Waals surface area (Å²) < 4.78 is 6.42. The number of aromatic nitrogens is 2. The summed E-state index contributed by atoms with van der Waals surface area (Å²) in [7, 11) is 0. The summed E-state index contributed by atoms with van der Waals surface area (Å²) in [5.41, 5.74) is 2.78. The number of rotatable bonds is 8. The number of nitrogens with zero attached hydrogens (tertiary/aromatic N) is 3. The van der Waals surface area contributed by atoms with Crippen molar-refractivity contribution in [3.8, 4) is 0 Å². The van der Waals surface area contributed by atoms with Gasteiger partial charge in [0, 0.05) is 23.6 Å². The summed E-state index contributed by atoms with van der Waals surface area (Å²) in [6, 6.07) is 12.2. The van der Waals surface area contributed by atoms with Crippen LogP contribution >= 0.6 is 11.8 Å². The van der Waals surface area contributed by atoms with Gasteiger partial charge in [-0.05, 0) is 18.1 Å². The minimum absolute atomic E-state index is 0.0552. The van der Waals surface area contributed by atoms with Crippen LogP contribution in [0.2, 0.25) is 0 Å². The number of benzene rings is 1. The first-order chi connectivity index (χ1) is 15.0. The van der Waals surface area contributed by atoms with Gasteiger partial charge in [-0.3, -0.25) is 19.7 Å². The van der Waals surface area contributed by atoms with Crippen molar-refractivity contribution < 1.29 is 18.9 Å². The first kappa shape index (κ1) is 20.7. The second kappa shape index (κ2) is 9.04. The van der Waals surface area contributed by atoms with Gasteiger partial charge in [0.25, 0.3) is 5.91 Å². The number of fused-ring (bicyclic) bond motifs is 1. The minimum Gasteiger partial charge on any atom is -0.395 e. The molecule has 160 valence electrons. The Balaban J connectivity index is 1.43. The van der Waals surface area contributed by atoms with E-state index in [1.54, 1.807) is 11.8 Å². The molecule has 10 nitrogen and oxygen atoms in total. The lowest BCUT2D eigenvalue weighted by atomic mass is 10.1. The monoisotopic (exact) mass is 441 g/mol. The van der Waals surface area contributed by atoms with Crippen molar-refractivity contribution >= 4 is 35.3 Å². The molecule has 3 heterocycles. The largest absolute Gasteiger partial charge is 0.433 e. The van der Waals surface area contributed by atoms with Crippen LogP contribution in [0.5, 0.6) is 0 Å². The lowest BCUT2D eigenvalue weighted by Crippen LogP contribution is -2.30. The van der Waals surface area contributed by atoms with Crippen LogP contribution in [0.25, 0.3) is 0 Å². The third kappa shape index (κ3) is 4.77. The van der Waals surface area contributed by atoms with E-state index >= 15 is 0 Å². The van der Waals surface area contributed by atoms with Gasteiger partial charge < -0.3 is 15.1 Å². The van der Waals surface area contributed by atoms with Crippen molar-refractivity contribution in [2.75, 3.05) is 11.9 Å². The molecule has 0 aliphatic carbocycles.